The number of rotatable bonds is 8. The van der Waals surface area contributed by atoms with Crippen molar-refractivity contribution in [2.45, 2.75) is 33.0 Å². The first-order valence-electron chi connectivity index (χ1n) is 12.2. The van der Waals surface area contributed by atoms with E-state index >= 15 is 0 Å². The third-order valence-electron chi connectivity index (χ3n) is 6.70. The third-order valence-corrected chi connectivity index (χ3v) is 7.71. The molecule has 0 spiro atoms. The van der Waals surface area contributed by atoms with Gasteiger partial charge in [-0.25, -0.2) is 9.97 Å². The van der Waals surface area contributed by atoms with Crippen molar-refractivity contribution in [1.29, 1.82) is 0 Å². The van der Waals surface area contributed by atoms with Gasteiger partial charge in [-0.15, -0.1) is 11.3 Å². The van der Waals surface area contributed by atoms with E-state index in [9.17, 15) is 4.79 Å². The van der Waals surface area contributed by atoms with E-state index in [1.165, 1.54) is 15.6 Å². The highest BCUT2D eigenvalue weighted by Gasteiger charge is 2.23. The van der Waals surface area contributed by atoms with E-state index < -0.39 is 6.04 Å². The number of amides is 1. The number of piperazine rings is 1. The molecule has 1 aliphatic heterocycles. The van der Waals surface area contributed by atoms with Gasteiger partial charge >= 0.3 is 0 Å². The second-order valence-corrected chi connectivity index (χ2v) is 10.5. The number of aromatic nitrogens is 2. The molecule has 4 aromatic rings. The summed E-state index contributed by atoms with van der Waals surface area (Å²) in [5.41, 5.74) is 7.94. The Hall–Kier alpha value is -3.07. The van der Waals surface area contributed by atoms with Crippen LogP contribution in [0.1, 0.15) is 25.2 Å². The molecule has 2 aromatic carbocycles. The molecule has 5 rings (SSSR count). The van der Waals surface area contributed by atoms with Crippen molar-refractivity contribution in [3.63, 3.8) is 0 Å². The summed E-state index contributed by atoms with van der Waals surface area (Å²) >= 11 is 1.83. The Labute approximate surface area is 210 Å². The van der Waals surface area contributed by atoms with Gasteiger partial charge in [0.15, 0.2) is 0 Å². The fourth-order valence-corrected chi connectivity index (χ4v) is 5.67. The number of benzene rings is 2. The first-order chi connectivity index (χ1) is 17.0. The second-order valence-electron chi connectivity index (χ2n) is 9.58. The summed E-state index contributed by atoms with van der Waals surface area (Å²) in [6.07, 6.45) is 0. The number of hydrogen-bond donors (Lipinski definition) is 2. The van der Waals surface area contributed by atoms with Crippen LogP contribution in [-0.4, -0.2) is 57.9 Å². The predicted molar refractivity (Wildman–Crippen MR) is 143 cm³/mol. The van der Waals surface area contributed by atoms with Gasteiger partial charge in [-0.3, -0.25) is 14.6 Å². The zero-order valence-electron chi connectivity index (χ0n) is 20.3. The average Bonchev–Trinajstić information content (AvgIpc) is 3.26. The molecule has 0 unspecified atom stereocenters. The number of hydrogen-bond acceptors (Lipinski definition) is 7. The van der Waals surface area contributed by atoms with Crippen molar-refractivity contribution >= 4 is 44.1 Å². The highest BCUT2D eigenvalue weighted by molar-refractivity contribution is 7.17. The Bertz CT molecular complexity index is 1330. The van der Waals surface area contributed by atoms with Crippen LogP contribution in [0.15, 0.2) is 53.9 Å². The molecule has 0 radical (unpaired) electrons. The topological polar surface area (TPSA) is 87.4 Å². The van der Waals surface area contributed by atoms with Gasteiger partial charge in [-0.1, -0.05) is 44.2 Å². The van der Waals surface area contributed by atoms with Crippen LogP contribution < -0.4 is 11.1 Å². The van der Waals surface area contributed by atoms with Gasteiger partial charge in [-0.2, -0.15) is 0 Å². The fraction of sp³-hybridized carbons (Fsp3) is 0.370. The van der Waals surface area contributed by atoms with E-state index in [0.717, 1.165) is 49.5 Å². The number of thiophene rings is 1. The van der Waals surface area contributed by atoms with Crippen molar-refractivity contribution < 1.29 is 4.79 Å². The van der Waals surface area contributed by atoms with Gasteiger partial charge in [0.1, 0.15) is 17.7 Å². The molecule has 1 fully saturated rings. The Morgan fingerprint density at radius 2 is 1.63 bits per heavy atom. The molecule has 1 aliphatic rings. The van der Waals surface area contributed by atoms with E-state index in [2.05, 4.69) is 44.8 Å². The van der Waals surface area contributed by atoms with E-state index in [1.54, 1.807) is 0 Å². The smallest absolute Gasteiger partial charge is 0.240 e. The van der Waals surface area contributed by atoms with Crippen LogP contribution >= 0.6 is 11.3 Å². The summed E-state index contributed by atoms with van der Waals surface area (Å²) in [5, 5.41) is 7.86. The zero-order valence-corrected chi connectivity index (χ0v) is 21.1. The summed E-state index contributed by atoms with van der Waals surface area (Å²) in [7, 11) is 0. The quantitative estimate of drug-likeness (QED) is 0.389. The standard InChI is InChI=1S/C27H32N6OS/c1-18(2)25(26(28)34)31-27-21-8-3-5-9-22(21)29-24(30-27)16-33-13-11-32(12-14-33)15-19-17-35-23-10-6-4-7-20(19)23/h3-10,17-18,25H,11-16H2,1-2H3,(H2,28,34)(H,29,30,31)/t25-/m0/s1. The summed E-state index contributed by atoms with van der Waals surface area (Å²) in [4.78, 5) is 26.6. The molecule has 1 saturated heterocycles. The summed E-state index contributed by atoms with van der Waals surface area (Å²) in [5.74, 6) is 1.11. The Balaban J connectivity index is 1.27. The molecule has 2 aromatic heterocycles. The van der Waals surface area contributed by atoms with Crippen LogP contribution in [0.4, 0.5) is 5.82 Å². The maximum atomic E-state index is 12.0. The lowest BCUT2D eigenvalue weighted by molar-refractivity contribution is -0.119. The highest BCUT2D eigenvalue weighted by Crippen LogP contribution is 2.27. The van der Waals surface area contributed by atoms with E-state index in [1.807, 2.05) is 49.4 Å². The van der Waals surface area contributed by atoms with Crippen LogP contribution in [0.2, 0.25) is 0 Å². The Kier molecular flexibility index (Phi) is 6.95. The second kappa shape index (κ2) is 10.3. The number of carbonyl (C=O) groups is 1. The highest BCUT2D eigenvalue weighted by atomic mass is 32.1. The van der Waals surface area contributed by atoms with E-state index in [0.29, 0.717) is 12.4 Å². The average molecular weight is 489 g/mol. The number of primary amides is 1. The molecule has 0 aliphatic carbocycles. The lowest BCUT2D eigenvalue weighted by Gasteiger charge is -2.34. The Morgan fingerprint density at radius 3 is 2.34 bits per heavy atom. The number of nitrogens with zero attached hydrogens (tertiary/aromatic N) is 4. The van der Waals surface area contributed by atoms with Crippen molar-refractivity contribution in [3.05, 3.63) is 65.3 Å². The SMILES string of the molecule is CC(C)[C@H](Nc1nc(CN2CCN(Cc3csc4ccccc34)CC2)nc2ccccc12)C(N)=O. The molecule has 7 nitrogen and oxygen atoms in total. The molecule has 35 heavy (non-hydrogen) atoms. The van der Waals surface area contributed by atoms with Gasteiger partial charge < -0.3 is 11.1 Å². The van der Waals surface area contributed by atoms with Gasteiger partial charge in [0, 0.05) is 42.8 Å². The molecular weight excluding hydrogens is 456 g/mol. The number of nitrogens with two attached hydrogens (primary N) is 1. The van der Waals surface area contributed by atoms with Crippen LogP contribution in [0.5, 0.6) is 0 Å². The predicted octanol–water partition coefficient (Wildman–Crippen LogP) is 4.08. The number of anilines is 1. The van der Waals surface area contributed by atoms with Crippen molar-refractivity contribution in [2.24, 2.45) is 11.7 Å². The zero-order chi connectivity index (χ0) is 24.4. The molecular formula is C27H32N6OS. The lowest BCUT2D eigenvalue weighted by atomic mass is 10.0. The molecule has 182 valence electrons. The molecule has 1 atom stereocenters. The van der Waals surface area contributed by atoms with Gasteiger partial charge in [0.25, 0.3) is 0 Å². The number of para-hydroxylation sites is 1. The van der Waals surface area contributed by atoms with Gasteiger partial charge in [0.05, 0.1) is 12.1 Å². The minimum Gasteiger partial charge on any atom is -0.368 e. The van der Waals surface area contributed by atoms with Crippen LogP contribution in [-0.2, 0) is 17.9 Å². The van der Waals surface area contributed by atoms with Crippen molar-refractivity contribution in [3.8, 4) is 0 Å². The minimum atomic E-state index is -0.488. The van der Waals surface area contributed by atoms with Crippen LogP contribution in [0.25, 0.3) is 21.0 Å². The molecule has 0 saturated carbocycles. The summed E-state index contributed by atoms with van der Waals surface area (Å²) in [6.45, 7) is 9.59. The molecule has 0 bridgehead atoms. The van der Waals surface area contributed by atoms with E-state index in [4.69, 9.17) is 15.7 Å². The maximum Gasteiger partial charge on any atom is 0.240 e. The summed E-state index contributed by atoms with van der Waals surface area (Å²) < 4.78 is 1.36. The van der Waals surface area contributed by atoms with Gasteiger partial charge in [0.2, 0.25) is 5.91 Å². The third kappa shape index (κ3) is 5.29. The van der Waals surface area contributed by atoms with Crippen LogP contribution in [0.3, 0.4) is 0 Å². The summed E-state index contributed by atoms with van der Waals surface area (Å²) in [6, 6.07) is 16.1. The van der Waals surface area contributed by atoms with E-state index in [-0.39, 0.29) is 11.8 Å². The van der Waals surface area contributed by atoms with Crippen molar-refractivity contribution in [1.82, 2.24) is 19.8 Å². The maximum absolute atomic E-state index is 12.0. The Morgan fingerprint density at radius 1 is 0.971 bits per heavy atom. The largest absolute Gasteiger partial charge is 0.368 e. The monoisotopic (exact) mass is 488 g/mol. The molecule has 1 amide bonds. The number of carbonyl (C=O) groups excluding carboxylic acids is 1. The lowest BCUT2D eigenvalue weighted by Crippen LogP contribution is -2.45. The van der Waals surface area contributed by atoms with Crippen LogP contribution in [0, 0.1) is 5.92 Å². The number of nitrogens with one attached hydrogen (secondary N) is 1. The molecule has 3 heterocycles. The number of fused-ring (bicyclic) bond motifs is 2. The first-order valence-corrected chi connectivity index (χ1v) is 13.1. The molecule has 8 heteroatoms. The fourth-order valence-electron chi connectivity index (χ4n) is 4.72. The van der Waals surface area contributed by atoms with Gasteiger partial charge in [-0.05, 0) is 40.4 Å². The molecule has 3 N–H and O–H groups in total. The first kappa shape index (κ1) is 23.7. The normalized spacial score (nSPS) is 16.2. The minimum absolute atomic E-state index is 0.0538. The van der Waals surface area contributed by atoms with Crippen molar-refractivity contribution in [2.75, 3.05) is 31.5 Å².